The number of carbonyl (C=O) groups excluding carboxylic acids is 9. The molecule has 450 valence electrons. The molecule has 0 saturated heterocycles. The van der Waals surface area contributed by atoms with Crippen molar-refractivity contribution in [1.82, 2.24) is 47.9 Å². The zero-order valence-corrected chi connectivity index (χ0v) is 49.5. The van der Waals surface area contributed by atoms with Gasteiger partial charge in [0.2, 0.25) is 53.2 Å². The lowest BCUT2D eigenvalue weighted by Crippen LogP contribution is -2.62. The Morgan fingerprint density at radius 1 is 0.476 bits per heavy atom. The second kappa shape index (κ2) is 34.2. The van der Waals surface area contributed by atoms with E-state index in [0.717, 1.165) is 0 Å². The summed E-state index contributed by atoms with van der Waals surface area (Å²) in [7, 11) is 0. The minimum absolute atomic E-state index is 0.0200. The lowest BCUT2D eigenvalue weighted by Gasteiger charge is -2.30. The minimum atomic E-state index is -1.37. The van der Waals surface area contributed by atoms with Crippen molar-refractivity contribution in [3.63, 3.8) is 0 Å². The maximum absolute atomic E-state index is 14.3. The molecule has 0 aromatic heterocycles. The summed E-state index contributed by atoms with van der Waals surface area (Å²) in [5.74, 6) is -9.40. The van der Waals surface area contributed by atoms with Crippen molar-refractivity contribution in [2.24, 2.45) is 23.5 Å². The van der Waals surface area contributed by atoms with E-state index < -0.39 is 137 Å². The first-order valence-electron chi connectivity index (χ1n) is 27.1. The van der Waals surface area contributed by atoms with E-state index in [1.165, 1.54) is 62.0 Å². The van der Waals surface area contributed by atoms with Crippen LogP contribution in [0.2, 0.25) is 0 Å². The summed E-state index contributed by atoms with van der Waals surface area (Å²) in [6.45, 7) is 12.9. The van der Waals surface area contributed by atoms with Crippen molar-refractivity contribution in [2.75, 3.05) is 17.8 Å². The third-order valence-electron chi connectivity index (χ3n) is 13.5. The molecule has 14 N–H and O–H groups in total. The number of phenols is 2. The molecule has 0 fully saturated rings. The molecular formula is C57H82N10O13S2. The smallest absolute Gasteiger partial charge is 0.326 e. The van der Waals surface area contributed by atoms with E-state index in [1.807, 2.05) is 6.92 Å². The molecule has 0 aliphatic carbocycles. The quantitative estimate of drug-likeness (QED) is 0.0378. The molecule has 0 aliphatic rings. The van der Waals surface area contributed by atoms with Gasteiger partial charge >= 0.3 is 5.97 Å². The number of amides is 9. The lowest BCUT2D eigenvalue weighted by molar-refractivity contribution is -0.142. The Morgan fingerprint density at radius 3 is 1.35 bits per heavy atom. The maximum Gasteiger partial charge on any atom is 0.326 e. The predicted molar refractivity (Wildman–Crippen MR) is 314 cm³/mol. The van der Waals surface area contributed by atoms with E-state index in [2.05, 4.69) is 60.5 Å². The molecule has 0 heterocycles. The zero-order valence-electron chi connectivity index (χ0n) is 47.8. The van der Waals surface area contributed by atoms with Crippen LogP contribution < -0.4 is 53.6 Å². The molecule has 11 atom stereocenters. The van der Waals surface area contributed by atoms with Crippen LogP contribution >= 0.6 is 24.4 Å². The number of aromatic hydroxyl groups is 2. The van der Waals surface area contributed by atoms with Gasteiger partial charge < -0.3 is 68.9 Å². The van der Waals surface area contributed by atoms with Crippen molar-refractivity contribution < 1.29 is 63.3 Å². The van der Waals surface area contributed by atoms with E-state index in [9.17, 15) is 63.3 Å². The summed E-state index contributed by atoms with van der Waals surface area (Å²) in [5, 5.41) is 52.6. The van der Waals surface area contributed by atoms with Crippen LogP contribution in [0.1, 0.15) is 84.9 Å². The molecule has 3 rings (SSSR count). The number of nitrogens with one attached hydrogen (secondary N) is 9. The normalized spacial score (nSPS) is 15.2. The van der Waals surface area contributed by atoms with Crippen molar-refractivity contribution in [3.05, 3.63) is 95.6 Å². The number of carboxylic acids is 1. The molecule has 23 nitrogen and oxygen atoms in total. The summed E-state index contributed by atoms with van der Waals surface area (Å²) in [6, 6.07) is 8.31. The summed E-state index contributed by atoms with van der Waals surface area (Å²) < 4.78 is 0. The highest BCUT2D eigenvalue weighted by Gasteiger charge is 2.37. The lowest BCUT2D eigenvalue weighted by atomic mass is 9.97. The Labute approximate surface area is 488 Å². The second-order valence-electron chi connectivity index (χ2n) is 20.9. The zero-order chi connectivity index (χ0) is 61.4. The molecule has 0 unspecified atom stereocenters. The highest BCUT2D eigenvalue weighted by atomic mass is 32.2. The third-order valence-corrected chi connectivity index (χ3v) is 14.5. The van der Waals surface area contributed by atoms with Crippen LogP contribution in [-0.4, -0.2) is 153 Å². The van der Waals surface area contributed by atoms with Crippen LogP contribution in [-0.2, 0) is 67.2 Å². The van der Waals surface area contributed by atoms with Crippen LogP contribution in [0.15, 0.2) is 78.9 Å². The second-order valence-corrected chi connectivity index (χ2v) is 22.2. The molecule has 0 bridgehead atoms. The molecule has 0 saturated carbocycles. The van der Waals surface area contributed by atoms with E-state index in [4.69, 9.17) is 5.73 Å². The number of rotatable bonds is 33. The SMILES string of the molecule is CC[C@H](C)[C@H](NC(=O)[C@@H](N)Cc1ccc(O)cc1)C(=O)N[C@@H](CS)C(=O)N[C@@H](Cc1ccccc1)C(=O)N[C@H](C(=O)N[C@H](C(=O)N[C@@H](C)C(=O)N[C@@H](CCSC)C(=O)N[C@@H](C)C(=O)N[C@@H](Cc1ccc(O)cc1)C(=O)O)C(C)C)C(C)C. The fourth-order valence-corrected chi connectivity index (χ4v) is 8.94. The summed E-state index contributed by atoms with van der Waals surface area (Å²) >= 11 is 5.72. The molecule has 9 amide bonds. The number of benzene rings is 3. The number of carbonyl (C=O) groups is 10. The number of nitrogens with two attached hydrogens (primary N) is 1. The molecule has 82 heavy (non-hydrogen) atoms. The molecule has 3 aromatic carbocycles. The molecule has 0 spiro atoms. The first kappa shape index (κ1) is 68.9. The van der Waals surface area contributed by atoms with Crippen LogP contribution in [0.5, 0.6) is 11.5 Å². The minimum Gasteiger partial charge on any atom is -0.508 e. The van der Waals surface area contributed by atoms with E-state index >= 15 is 0 Å². The molecular weight excluding hydrogens is 1100 g/mol. The fourth-order valence-electron chi connectivity index (χ4n) is 8.21. The number of hydrogen-bond donors (Lipinski definition) is 14. The van der Waals surface area contributed by atoms with Gasteiger partial charge in [0.15, 0.2) is 0 Å². The Bertz CT molecular complexity index is 2630. The highest BCUT2D eigenvalue weighted by Crippen LogP contribution is 2.16. The Balaban J connectivity index is 1.72. The number of thiol groups is 1. The van der Waals surface area contributed by atoms with Crippen LogP contribution in [0.3, 0.4) is 0 Å². The van der Waals surface area contributed by atoms with Crippen LogP contribution in [0, 0.1) is 17.8 Å². The number of hydrogen-bond acceptors (Lipinski definition) is 15. The van der Waals surface area contributed by atoms with Crippen LogP contribution in [0.4, 0.5) is 0 Å². The Kier molecular flexibility index (Phi) is 28.7. The van der Waals surface area contributed by atoms with Gasteiger partial charge in [-0.3, -0.25) is 43.2 Å². The van der Waals surface area contributed by atoms with E-state index in [-0.39, 0.29) is 42.9 Å². The van der Waals surface area contributed by atoms with Gasteiger partial charge in [0.05, 0.1) is 6.04 Å². The predicted octanol–water partition coefficient (Wildman–Crippen LogP) is 0.982. The molecule has 0 radical (unpaired) electrons. The Morgan fingerprint density at radius 2 is 0.866 bits per heavy atom. The largest absolute Gasteiger partial charge is 0.508 e. The number of aliphatic carboxylic acids is 1. The van der Waals surface area contributed by atoms with Gasteiger partial charge in [0.1, 0.15) is 65.9 Å². The third kappa shape index (κ3) is 22.5. The first-order valence-corrected chi connectivity index (χ1v) is 29.1. The van der Waals surface area contributed by atoms with Crippen molar-refractivity contribution in [2.45, 2.75) is 148 Å². The highest BCUT2D eigenvalue weighted by molar-refractivity contribution is 7.98. The molecule has 0 aliphatic heterocycles. The summed E-state index contributed by atoms with van der Waals surface area (Å²) in [5.41, 5.74) is 8.06. The van der Waals surface area contributed by atoms with E-state index in [0.29, 0.717) is 28.9 Å². The van der Waals surface area contributed by atoms with Gasteiger partial charge in [-0.25, -0.2) is 4.79 Å². The first-order chi connectivity index (χ1) is 38.7. The van der Waals surface area contributed by atoms with Crippen molar-refractivity contribution in [1.29, 1.82) is 0 Å². The average molecular weight is 1180 g/mol. The van der Waals surface area contributed by atoms with E-state index in [1.54, 1.807) is 83.3 Å². The maximum atomic E-state index is 14.3. The van der Waals surface area contributed by atoms with Crippen LogP contribution in [0.25, 0.3) is 0 Å². The van der Waals surface area contributed by atoms with Crippen molar-refractivity contribution in [3.8, 4) is 11.5 Å². The monoisotopic (exact) mass is 1180 g/mol. The topological polar surface area (TPSA) is 366 Å². The van der Waals surface area contributed by atoms with Crippen molar-refractivity contribution >= 4 is 83.5 Å². The van der Waals surface area contributed by atoms with Gasteiger partial charge in [0, 0.05) is 18.6 Å². The van der Waals surface area contributed by atoms with Gasteiger partial charge in [-0.05, 0) is 97.4 Å². The molecule has 3 aromatic rings. The Hall–Kier alpha value is -7.38. The molecule has 25 heteroatoms. The van der Waals surface area contributed by atoms with Gasteiger partial charge in [0.25, 0.3) is 0 Å². The standard InChI is InChI=1S/C57H82N10O13S2/c1-10-32(6)47(67-50(72)40(58)26-36-16-20-38(68)21-17-36)56(78)64-44(29-81)53(75)62-42(27-35-14-12-11-13-15-35)52(74)65-46(31(4)5)55(77)66-45(30(2)3)54(76)60-34(8)48(70)61-41(24-25-82-9)51(73)59-33(7)49(71)63-43(57(79)80)28-37-18-22-39(69)23-19-37/h11-23,30-34,40-47,68-69,81H,10,24-29,58H2,1-9H3,(H,59,73)(H,60,76)(H,61,70)(H,62,75)(H,63,71)(H,64,78)(H,65,74)(H,66,77)(H,67,72)(H,79,80)/t32-,33-,34-,40-,41-,42-,43-,44-,45-,46-,47-/m0/s1. The number of phenolic OH excluding ortho intramolecular Hbond substituents is 2. The fraction of sp³-hybridized carbons (Fsp3) is 0.509. The summed E-state index contributed by atoms with van der Waals surface area (Å²) in [6.07, 6.45) is 2.32. The average Bonchev–Trinajstić information content (AvgIpc) is 3.47. The van der Waals surface area contributed by atoms with Gasteiger partial charge in [-0.15, -0.1) is 0 Å². The van der Waals surface area contributed by atoms with Gasteiger partial charge in [-0.2, -0.15) is 24.4 Å². The van der Waals surface area contributed by atoms with Gasteiger partial charge in [-0.1, -0.05) is 103 Å². The summed E-state index contributed by atoms with van der Waals surface area (Å²) in [4.78, 5) is 136. The number of thioether (sulfide) groups is 1. The number of carboxylic acid groups (broad SMARTS) is 1.